The van der Waals surface area contributed by atoms with Crippen LogP contribution < -0.4 is 16.2 Å². The number of amides is 2. The summed E-state index contributed by atoms with van der Waals surface area (Å²) >= 11 is 0. The highest BCUT2D eigenvalue weighted by Crippen LogP contribution is 2.11. The van der Waals surface area contributed by atoms with E-state index in [-0.39, 0.29) is 18.1 Å². The molecular weight excluding hydrogens is 300 g/mol. The third-order valence-corrected chi connectivity index (χ3v) is 3.19. The second kappa shape index (κ2) is 7.50. The predicted molar refractivity (Wildman–Crippen MR) is 83.7 cm³/mol. The predicted octanol–water partition coefficient (Wildman–Crippen LogP) is -0.310. The molecule has 0 radical (unpaired) electrons. The normalized spacial score (nSPS) is 11.9. The van der Waals surface area contributed by atoms with Crippen LogP contribution in [0, 0.1) is 0 Å². The molecule has 1 atom stereocenters. The summed E-state index contributed by atoms with van der Waals surface area (Å²) in [5.41, 5.74) is 0.174. The van der Waals surface area contributed by atoms with Crippen LogP contribution in [0.15, 0.2) is 29.1 Å². The van der Waals surface area contributed by atoms with Gasteiger partial charge in [0.15, 0.2) is 0 Å². The van der Waals surface area contributed by atoms with E-state index in [1.165, 1.54) is 7.11 Å². The molecule has 8 nitrogen and oxygen atoms in total. The molecule has 0 aliphatic carbocycles. The summed E-state index contributed by atoms with van der Waals surface area (Å²) in [5, 5.41) is 12.4. The van der Waals surface area contributed by atoms with Crippen LogP contribution in [-0.4, -0.2) is 41.8 Å². The van der Waals surface area contributed by atoms with Crippen molar-refractivity contribution >= 4 is 22.6 Å². The molecule has 3 N–H and O–H groups in total. The highest BCUT2D eigenvalue weighted by molar-refractivity contribution is 6.35. The average molecular weight is 318 g/mol. The van der Waals surface area contributed by atoms with Crippen LogP contribution in [0.2, 0.25) is 0 Å². The molecule has 1 unspecified atom stereocenters. The second-order valence-electron chi connectivity index (χ2n) is 5.06. The molecule has 1 aromatic carbocycles. The molecular formula is C15H18N4O4. The molecule has 2 rings (SSSR count). The Morgan fingerprint density at radius 1 is 1.26 bits per heavy atom. The number of aromatic amines is 1. The second-order valence-corrected chi connectivity index (χ2v) is 5.06. The summed E-state index contributed by atoms with van der Waals surface area (Å²) in [6.07, 6.45) is 0. The Labute approximate surface area is 132 Å². The molecule has 0 aliphatic heterocycles. The van der Waals surface area contributed by atoms with Crippen molar-refractivity contribution in [3.8, 4) is 0 Å². The average Bonchev–Trinajstić information content (AvgIpc) is 2.54. The lowest BCUT2D eigenvalue weighted by molar-refractivity contribution is -0.139. The number of carbonyl (C=O) groups excluding carboxylic acids is 2. The van der Waals surface area contributed by atoms with Crippen LogP contribution in [-0.2, 0) is 20.9 Å². The number of nitrogens with one attached hydrogen (secondary N) is 3. The highest BCUT2D eigenvalue weighted by Gasteiger charge is 2.16. The lowest BCUT2D eigenvalue weighted by atomic mass is 10.1. The Balaban J connectivity index is 2.04. The molecule has 1 aromatic heterocycles. The van der Waals surface area contributed by atoms with Crippen molar-refractivity contribution < 1.29 is 14.3 Å². The van der Waals surface area contributed by atoms with E-state index >= 15 is 0 Å². The number of hydrogen-bond acceptors (Lipinski definition) is 5. The molecule has 0 spiro atoms. The van der Waals surface area contributed by atoms with E-state index in [1.54, 1.807) is 31.2 Å². The van der Waals surface area contributed by atoms with Crippen molar-refractivity contribution in [1.29, 1.82) is 0 Å². The van der Waals surface area contributed by atoms with E-state index in [9.17, 15) is 14.4 Å². The minimum Gasteiger partial charge on any atom is -0.383 e. The van der Waals surface area contributed by atoms with Crippen LogP contribution in [0.3, 0.4) is 0 Å². The topological polar surface area (TPSA) is 113 Å². The summed E-state index contributed by atoms with van der Waals surface area (Å²) in [6.45, 7) is 2.07. The third-order valence-electron chi connectivity index (χ3n) is 3.19. The first-order chi connectivity index (χ1) is 11.0. The molecule has 0 saturated heterocycles. The van der Waals surface area contributed by atoms with Gasteiger partial charge in [-0.1, -0.05) is 18.2 Å². The van der Waals surface area contributed by atoms with Crippen molar-refractivity contribution in [2.45, 2.75) is 19.5 Å². The van der Waals surface area contributed by atoms with Crippen LogP contribution in [0.5, 0.6) is 0 Å². The number of hydrogen-bond donors (Lipinski definition) is 3. The van der Waals surface area contributed by atoms with Gasteiger partial charge in [0.2, 0.25) is 0 Å². The minimum atomic E-state index is -0.773. The van der Waals surface area contributed by atoms with Gasteiger partial charge in [-0.15, -0.1) is 0 Å². The zero-order valence-electron chi connectivity index (χ0n) is 12.9. The van der Waals surface area contributed by atoms with E-state index in [4.69, 9.17) is 4.74 Å². The van der Waals surface area contributed by atoms with Gasteiger partial charge < -0.3 is 15.4 Å². The van der Waals surface area contributed by atoms with Gasteiger partial charge in [-0.05, 0) is 13.0 Å². The van der Waals surface area contributed by atoms with E-state index in [1.807, 2.05) is 0 Å². The highest BCUT2D eigenvalue weighted by atomic mass is 16.5. The summed E-state index contributed by atoms with van der Waals surface area (Å²) in [7, 11) is 1.51. The Bertz CT molecular complexity index is 771. The Morgan fingerprint density at radius 2 is 1.96 bits per heavy atom. The van der Waals surface area contributed by atoms with Crippen LogP contribution >= 0.6 is 0 Å². The van der Waals surface area contributed by atoms with Gasteiger partial charge in [0.25, 0.3) is 5.56 Å². The molecule has 2 aromatic rings. The van der Waals surface area contributed by atoms with Gasteiger partial charge in [-0.2, -0.15) is 5.10 Å². The number of benzene rings is 1. The molecule has 0 fully saturated rings. The van der Waals surface area contributed by atoms with Gasteiger partial charge in [0.05, 0.1) is 24.2 Å². The van der Waals surface area contributed by atoms with Crippen LogP contribution in [0.1, 0.15) is 12.6 Å². The maximum absolute atomic E-state index is 11.8. The van der Waals surface area contributed by atoms with E-state index in [2.05, 4.69) is 20.8 Å². The SMILES string of the molecule is COCC(C)NC(=O)C(=O)NCc1n[nH]c(=O)c2ccccc12. The number of carbonyl (C=O) groups is 2. The van der Waals surface area contributed by atoms with Gasteiger partial charge in [-0.25, -0.2) is 5.10 Å². The van der Waals surface area contributed by atoms with Crippen molar-refractivity contribution in [3.05, 3.63) is 40.3 Å². The van der Waals surface area contributed by atoms with Crippen LogP contribution in [0.25, 0.3) is 10.8 Å². The number of aromatic nitrogens is 2. The maximum Gasteiger partial charge on any atom is 0.309 e. The largest absolute Gasteiger partial charge is 0.383 e. The summed E-state index contributed by atoms with van der Waals surface area (Å²) in [5.74, 6) is -1.52. The van der Waals surface area contributed by atoms with E-state index < -0.39 is 11.8 Å². The van der Waals surface area contributed by atoms with E-state index in [0.29, 0.717) is 23.1 Å². The third kappa shape index (κ3) is 4.13. The first-order valence-corrected chi connectivity index (χ1v) is 7.07. The molecule has 122 valence electrons. The van der Waals surface area contributed by atoms with Gasteiger partial charge in [0, 0.05) is 18.5 Å². The maximum atomic E-state index is 11.8. The van der Waals surface area contributed by atoms with Crippen LogP contribution in [0.4, 0.5) is 0 Å². The lowest BCUT2D eigenvalue weighted by Crippen LogP contribution is -2.44. The monoisotopic (exact) mass is 318 g/mol. The Kier molecular flexibility index (Phi) is 5.42. The molecule has 0 bridgehead atoms. The fourth-order valence-electron chi connectivity index (χ4n) is 2.13. The standard InChI is InChI=1S/C15H18N4O4/c1-9(8-23-2)17-15(22)14(21)16-7-12-10-5-3-4-6-11(10)13(20)19-18-12/h3-6,9H,7-8H2,1-2H3,(H,16,21)(H,17,22)(H,19,20). The quantitative estimate of drug-likeness (QED) is 0.655. The zero-order valence-corrected chi connectivity index (χ0v) is 12.9. The van der Waals surface area contributed by atoms with Crippen molar-refractivity contribution in [1.82, 2.24) is 20.8 Å². The van der Waals surface area contributed by atoms with Gasteiger partial charge >= 0.3 is 11.8 Å². The number of nitrogens with zero attached hydrogens (tertiary/aromatic N) is 1. The van der Waals surface area contributed by atoms with Gasteiger partial charge in [0.1, 0.15) is 0 Å². The zero-order chi connectivity index (χ0) is 16.8. The number of rotatable bonds is 5. The first-order valence-electron chi connectivity index (χ1n) is 7.07. The minimum absolute atomic E-state index is 0.0300. The number of ether oxygens (including phenoxy) is 1. The smallest absolute Gasteiger partial charge is 0.309 e. The number of fused-ring (bicyclic) bond motifs is 1. The summed E-state index contributed by atoms with van der Waals surface area (Å²) in [4.78, 5) is 35.2. The Morgan fingerprint density at radius 3 is 2.65 bits per heavy atom. The lowest BCUT2D eigenvalue weighted by Gasteiger charge is -2.12. The fraction of sp³-hybridized carbons (Fsp3) is 0.333. The summed E-state index contributed by atoms with van der Waals surface area (Å²) in [6, 6.07) is 6.64. The molecule has 2 amide bonds. The number of methoxy groups -OCH3 is 1. The Hall–Kier alpha value is -2.74. The number of H-pyrrole nitrogens is 1. The van der Waals surface area contributed by atoms with Crippen molar-refractivity contribution in [2.75, 3.05) is 13.7 Å². The molecule has 1 heterocycles. The molecule has 23 heavy (non-hydrogen) atoms. The van der Waals surface area contributed by atoms with Gasteiger partial charge in [-0.3, -0.25) is 14.4 Å². The van der Waals surface area contributed by atoms with E-state index in [0.717, 1.165) is 0 Å². The van der Waals surface area contributed by atoms with Crippen molar-refractivity contribution in [2.24, 2.45) is 0 Å². The first kappa shape index (κ1) is 16.6. The molecule has 8 heteroatoms. The molecule has 0 aliphatic rings. The summed E-state index contributed by atoms with van der Waals surface area (Å²) < 4.78 is 4.88. The fourth-order valence-corrected chi connectivity index (χ4v) is 2.13. The molecule has 0 saturated carbocycles. The van der Waals surface area contributed by atoms with Crippen molar-refractivity contribution in [3.63, 3.8) is 0 Å².